The number of aliphatic hydroxyl groups is 1. The topological polar surface area (TPSA) is 60.8 Å². The van der Waals surface area contributed by atoms with Crippen molar-refractivity contribution in [2.45, 2.75) is 109 Å². The number of amides is 1. The largest absolute Gasteiger partial charge is 0.508 e. The van der Waals surface area contributed by atoms with Crippen LogP contribution in [0.5, 0.6) is 5.75 Å². The van der Waals surface area contributed by atoms with Crippen LogP contribution >= 0.6 is 0 Å². The molecule has 6 rings (SSSR count). The Labute approximate surface area is 269 Å². The standard InChI is InChI=1S/C40H52FNO3/c1-3-4-5-9-20-42(37(45)23-27-14-15-28-11-6-7-12-29(28)22-27)21-10-8-13-30-24-31-25-32(43)16-17-33(31)39-35(41)26-40(2)34(38(30)39)18-19-36(40)44/h6-7,11-12,14-17,22,25,30,34-36,38-39,43-44H,3-5,8-10,13,18-21,23-24,26H2,1-2H3/t30?,34?,35?,36?,38?,39?,40-/m0/s1. The number of rotatable bonds is 12. The summed E-state index contributed by atoms with van der Waals surface area (Å²) in [6.45, 7) is 5.89. The van der Waals surface area contributed by atoms with Gasteiger partial charge in [0, 0.05) is 19.0 Å². The van der Waals surface area contributed by atoms with Gasteiger partial charge in [0.2, 0.25) is 5.91 Å². The summed E-state index contributed by atoms with van der Waals surface area (Å²) < 4.78 is 16.1. The van der Waals surface area contributed by atoms with E-state index < -0.39 is 12.3 Å². The molecule has 1 amide bonds. The summed E-state index contributed by atoms with van der Waals surface area (Å²) in [5.41, 5.74) is 2.86. The third-order valence-electron chi connectivity index (χ3n) is 11.8. The predicted octanol–water partition coefficient (Wildman–Crippen LogP) is 8.76. The van der Waals surface area contributed by atoms with E-state index in [1.807, 2.05) is 24.3 Å². The maximum Gasteiger partial charge on any atom is 0.226 e. The molecule has 0 heterocycles. The van der Waals surface area contributed by atoms with Crippen molar-refractivity contribution < 1.29 is 19.4 Å². The van der Waals surface area contributed by atoms with Crippen LogP contribution in [-0.2, 0) is 17.6 Å². The van der Waals surface area contributed by atoms with Crippen LogP contribution in [0.25, 0.3) is 10.8 Å². The minimum absolute atomic E-state index is 0.165. The zero-order chi connectivity index (χ0) is 31.6. The molecule has 2 fully saturated rings. The number of hydrogen-bond donors (Lipinski definition) is 2. The number of phenols is 1. The first kappa shape index (κ1) is 32.0. The summed E-state index contributed by atoms with van der Waals surface area (Å²) in [6.07, 6.45) is 9.43. The molecule has 2 N–H and O–H groups in total. The lowest BCUT2D eigenvalue weighted by Gasteiger charge is -2.54. The second kappa shape index (κ2) is 13.8. The Bertz CT molecular complexity index is 1470. The van der Waals surface area contributed by atoms with Gasteiger partial charge in [-0.2, -0.15) is 0 Å². The molecule has 3 aliphatic rings. The number of carbonyl (C=O) groups excluding carboxylic acids is 1. The zero-order valence-electron chi connectivity index (χ0n) is 27.3. The van der Waals surface area contributed by atoms with Gasteiger partial charge in [-0.1, -0.05) is 88.1 Å². The summed E-state index contributed by atoms with van der Waals surface area (Å²) in [7, 11) is 0. The maximum absolute atomic E-state index is 16.1. The van der Waals surface area contributed by atoms with Gasteiger partial charge in [-0.25, -0.2) is 4.39 Å². The number of nitrogens with zero attached hydrogens (tertiary/aromatic N) is 1. The van der Waals surface area contributed by atoms with Crippen LogP contribution in [0.4, 0.5) is 4.39 Å². The molecule has 242 valence electrons. The molecule has 2 saturated carbocycles. The number of aromatic hydroxyl groups is 1. The molecule has 3 aromatic carbocycles. The van der Waals surface area contributed by atoms with Crippen LogP contribution in [0, 0.1) is 23.2 Å². The normalized spacial score (nSPS) is 28.8. The number of unbranched alkanes of at least 4 members (excludes halogenated alkanes) is 4. The SMILES string of the molecule is CCCCCCN(CCCCC1Cc2cc(O)ccc2C2C(F)C[C@]3(C)C(O)CCC3C12)C(=O)Cc1ccc2ccccc2c1. The minimum atomic E-state index is -0.985. The molecule has 0 aliphatic heterocycles. The summed E-state index contributed by atoms with van der Waals surface area (Å²) in [4.78, 5) is 15.7. The van der Waals surface area contributed by atoms with Gasteiger partial charge >= 0.3 is 0 Å². The quantitative estimate of drug-likeness (QED) is 0.201. The van der Waals surface area contributed by atoms with Crippen LogP contribution in [0.15, 0.2) is 60.7 Å². The van der Waals surface area contributed by atoms with Gasteiger partial charge in [0.15, 0.2) is 0 Å². The number of benzene rings is 3. The van der Waals surface area contributed by atoms with E-state index in [2.05, 4.69) is 49.1 Å². The predicted molar refractivity (Wildman–Crippen MR) is 180 cm³/mol. The molecule has 0 aromatic heterocycles. The Kier molecular flexibility index (Phi) is 9.85. The van der Waals surface area contributed by atoms with E-state index in [1.54, 1.807) is 6.07 Å². The molecule has 0 bridgehead atoms. The van der Waals surface area contributed by atoms with Gasteiger partial charge in [-0.05, 0) is 108 Å². The number of aliphatic hydroxyl groups excluding tert-OH is 1. The highest BCUT2D eigenvalue weighted by molar-refractivity contribution is 5.85. The first-order valence-corrected chi connectivity index (χ1v) is 17.7. The molecule has 0 saturated heterocycles. The van der Waals surface area contributed by atoms with Gasteiger partial charge in [-0.15, -0.1) is 0 Å². The van der Waals surface area contributed by atoms with Crippen LogP contribution in [0.1, 0.15) is 101 Å². The fraction of sp³-hybridized carbons (Fsp3) is 0.575. The van der Waals surface area contributed by atoms with Crippen molar-refractivity contribution >= 4 is 16.7 Å². The molecule has 0 spiro atoms. The fourth-order valence-corrected chi connectivity index (χ4v) is 9.47. The molecule has 3 aliphatic carbocycles. The monoisotopic (exact) mass is 613 g/mol. The third kappa shape index (κ3) is 6.66. The summed E-state index contributed by atoms with van der Waals surface area (Å²) in [5.74, 6) is 1.11. The lowest BCUT2D eigenvalue weighted by Crippen LogP contribution is -2.51. The highest BCUT2D eigenvalue weighted by atomic mass is 19.1. The van der Waals surface area contributed by atoms with E-state index in [4.69, 9.17) is 0 Å². The molecule has 4 nitrogen and oxygen atoms in total. The fourth-order valence-electron chi connectivity index (χ4n) is 9.47. The van der Waals surface area contributed by atoms with Crippen molar-refractivity contribution in [2.24, 2.45) is 23.2 Å². The average Bonchev–Trinajstić information content (AvgIpc) is 3.32. The highest BCUT2D eigenvalue weighted by Gasteiger charge is 2.59. The van der Waals surface area contributed by atoms with E-state index in [0.29, 0.717) is 24.7 Å². The van der Waals surface area contributed by atoms with Crippen LogP contribution < -0.4 is 0 Å². The zero-order valence-corrected chi connectivity index (χ0v) is 27.3. The minimum Gasteiger partial charge on any atom is -0.508 e. The number of carbonyl (C=O) groups is 1. The van der Waals surface area contributed by atoms with Gasteiger partial charge in [0.05, 0.1) is 12.5 Å². The second-order valence-corrected chi connectivity index (χ2v) is 14.7. The van der Waals surface area contributed by atoms with Crippen molar-refractivity contribution in [1.29, 1.82) is 0 Å². The lowest BCUT2D eigenvalue weighted by atomic mass is 9.51. The van der Waals surface area contributed by atoms with Crippen molar-refractivity contribution in [1.82, 2.24) is 4.90 Å². The Morgan fingerprint density at radius 2 is 1.73 bits per heavy atom. The number of halogens is 1. The highest BCUT2D eigenvalue weighted by Crippen LogP contribution is 2.63. The molecule has 6 unspecified atom stereocenters. The summed E-state index contributed by atoms with van der Waals surface area (Å²) >= 11 is 0. The van der Waals surface area contributed by atoms with Gasteiger partial charge < -0.3 is 15.1 Å². The van der Waals surface area contributed by atoms with Crippen LogP contribution in [0.2, 0.25) is 0 Å². The molecule has 0 radical (unpaired) electrons. The Morgan fingerprint density at radius 3 is 2.53 bits per heavy atom. The number of alkyl halides is 1. The van der Waals surface area contributed by atoms with E-state index in [0.717, 1.165) is 81.1 Å². The number of fused-ring (bicyclic) bond motifs is 6. The van der Waals surface area contributed by atoms with E-state index in [1.165, 1.54) is 23.6 Å². The molecular weight excluding hydrogens is 561 g/mol. The second-order valence-electron chi connectivity index (χ2n) is 14.7. The van der Waals surface area contributed by atoms with Crippen LogP contribution in [-0.4, -0.2) is 46.4 Å². The first-order valence-electron chi connectivity index (χ1n) is 17.7. The van der Waals surface area contributed by atoms with Gasteiger partial charge in [0.1, 0.15) is 11.9 Å². The molecule has 45 heavy (non-hydrogen) atoms. The summed E-state index contributed by atoms with van der Waals surface area (Å²) in [6, 6.07) is 20.2. The third-order valence-corrected chi connectivity index (χ3v) is 11.8. The van der Waals surface area contributed by atoms with Crippen molar-refractivity contribution in [3.63, 3.8) is 0 Å². The molecule has 5 heteroatoms. The average molecular weight is 614 g/mol. The van der Waals surface area contributed by atoms with Crippen molar-refractivity contribution in [2.75, 3.05) is 13.1 Å². The van der Waals surface area contributed by atoms with E-state index >= 15 is 4.39 Å². The van der Waals surface area contributed by atoms with Crippen molar-refractivity contribution in [3.05, 3.63) is 77.4 Å². The number of hydrogen-bond acceptors (Lipinski definition) is 3. The van der Waals surface area contributed by atoms with Gasteiger partial charge in [-0.3, -0.25) is 4.79 Å². The summed E-state index contributed by atoms with van der Waals surface area (Å²) in [5, 5.41) is 23.6. The molecular formula is C40H52FNO3. The first-order chi connectivity index (χ1) is 21.8. The lowest BCUT2D eigenvalue weighted by molar-refractivity contribution is -0.130. The maximum atomic E-state index is 16.1. The smallest absolute Gasteiger partial charge is 0.226 e. The van der Waals surface area contributed by atoms with Gasteiger partial charge in [0.25, 0.3) is 0 Å². The number of phenolic OH excluding ortho intramolecular Hbond substituents is 1. The van der Waals surface area contributed by atoms with Crippen LogP contribution in [0.3, 0.4) is 0 Å². The molecule has 7 atom stereocenters. The molecule has 3 aromatic rings. The Hall–Kier alpha value is -2.92. The van der Waals surface area contributed by atoms with E-state index in [-0.39, 0.29) is 28.9 Å². The van der Waals surface area contributed by atoms with E-state index in [9.17, 15) is 15.0 Å². The Morgan fingerprint density at radius 1 is 0.956 bits per heavy atom. The van der Waals surface area contributed by atoms with Crippen molar-refractivity contribution in [3.8, 4) is 5.75 Å². The Balaban J connectivity index is 1.14.